The smallest absolute Gasteiger partial charge is 0.101 e. The topological polar surface area (TPSA) is 60.9 Å². The Morgan fingerprint density at radius 1 is 1.30 bits per heavy atom. The number of fused-ring (bicyclic) bond motifs is 1. The molecule has 3 aromatic rings. The molecule has 0 saturated carbocycles. The van der Waals surface area contributed by atoms with E-state index in [9.17, 15) is 5.11 Å². The van der Waals surface area contributed by atoms with Gasteiger partial charge in [0.2, 0.25) is 0 Å². The van der Waals surface area contributed by atoms with Gasteiger partial charge in [-0.25, -0.2) is 0 Å². The molecule has 0 fully saturated rings. The fourth-order valence-corrected chi connectivity index (χ4v) is 3.76. The number of nitrogens with zero attached hydrogens (tertiary/aromatic N) is 1. The van der Waals surface area contributed by atoms with Crippen LogP contribution in [-0.4, -0.2) is 21.8 Å². The van der Waals surface area contributed by atoms with E-state index < -0.39 is 6.10 Å². The van der Waals surface area contributed by atoms with Gasteiger partial charge in [-0.15, -0.1) is 11.3 Å². The predicted molar refractivity (Wildman–Crippen MR) is 95.8 cm³/mol. The fraction of sp³-hybridized carbons (Fsp3) is 0.389. The zero-order chi connectivity index (χ0) is 16.4. The Hall–Kier alpha value is -1.69. The number of hydrogen-bond acceptors (Lipinski definition) is 4. The quantitative estimate of drug-likeness (QED) is 0.668. The van der Waals surface area contributed by atoms with E-state index in [1.165, 1.54) is 10.1 Å². The molecule has 3 N–H and O–H groups in total. The highest BCUT2D eigenvalue weighted by Gasteiger charge is 2.20. The summed E-state index contributed by atoms with van der Waals surface area (Å²) >= 11 is 1.65. The van der Waals surface area contributed by atoms with Gasteiger partial charge in [0, 0.05) is 39.3 Å². The van der Waals surface area contributed by atoms with Crippen molar-refractivity contribution in [3.8, 4) is 0 Å². The third-order valence-corrected chi connectivity index (χ3v) is 5.11. The van der Waals surface area contributed by atoms with Gasteiger partial charge in [-0.1, -0.05) is 39.0 Å². The van der Waals surface area contributed by atoms with Crippen LogP contribution in [0.15, 0.2) is 36.5 Å². The Morgan fingerprint density at radius 2 is 2.09 bits per heavy atom. The molecule has 23 heavy (non-hydrogen) atoms. The lowest BCUT2D eigenvalue weighted by Gasteiger charge is -2.19. The molecule has 1 aromatic carbocycles. The maximum atomic E-state index is 10.4. The van der Waals surface area contributed by atoms with Crippen LogP contribution in [0.2, 0.25) is 0 Å². The second kappa shape index (κ2) is 6.43. The molecular formula is C18H23N3OS. The lowest BCUT2D eigenvalue weighted by atomic mass is 9.89. The molecule has 0 bridgehead atoms. The molecule has 2 heterocycles. The lowest BCUT2D eigenvalue weighted by molar-refractivity contribution is 0.178. The Labute approximate surface area is 140 Å². The summed E-state index contributed by atoms with van der Waals surface area (Å²) in [5.74, 6) is 0. The first-order valence-electron chi connectivity index (χ1n) is 7.85. The van der Waals surface area contributed by atoms with Crippen molar-refractivity contribution in [3.63, 3.8) is 0 Å². The van der Waals surface area contributed by atoms with Gasteiger partial charge in [-0.2, -0.15) is 5.10 Å². The summed E-state index contributed by atoms with van der Waals surface area (Å²) in [6.07, 6.45) is 1.37. The summed E-state index contributed by atoms with van der Waals surface area (Å²) in [7, 11) is 0. The second-order valence-electron chi connectivity index (χ2n) is 6.85. The summed E-state index contributed by atoms with van der Waals surface area (Å²) in [5, 5.41) is 22.2. The van der Waals surface area contributed by atoms with Crippen molar-refractivity contribution in [2.75, 3.05) is 6.54 Å². The number of hydrogen-bond donors (Lipinski definition) is 3. The fourth-order valence-electron chi connectivity index (χ4n) is 2.71. The van der Waals surface area contributed by atoms with E-state index in [2.05, 4.69) is 54.5 Å². The monoisotopic (exact) mass is 329 g/mol. The standard InChI is InChI=1S/C18H23N3OS/c1-18(2,3)17-13(10-20-21-17)9-19-11-14(22)16-8-12-6-4-5-7-15(12)23-16/h4-8,10,14,19,22H,9,11H2,1-3H3,(H,20,21). The first kappa shape index (κ1) is 16.2. The second-order valence-corrected chi connectivity index (χ2v) is 7.97. The van der Waals surface area contributed by atoms with Crippen molar-refractivity contribution in [2.24, 2.45) is 0 Å². The number of nitrogens with one attached hydrogen (secondary N) is 2. The molecule has 0 spiro atoms. The number of thiophene rings is 1. The van der Waals surface area contributed by atoms with Crippen LogP contribution in [0.3, 0.4) is 0 Å². The number of aromatic amines is 1. The Balaban J connectivity index is 1.61. The Bertz CT molecular complexity index is 752. The third-order valence-electron chi connectivity index (χ3n) is 3.89. The van der Waals surface area contributed by atoms with Crippen LogP contribution >= 0.6 is 11.3 Å². The first-order valence-corrected chi connectivity index (χ1v) is 8.67. The summed E-state index contributed by atoms with van der Waals surface area (Å²) in [6, 6.07) is 10.3. The van der Waals surface area contributed by atoms with Crippen molar-refractivity contribution in [1.82, 2.24) is 15.5 Å². The van der Waals surface area contributed by atoms with E-state index in [4.69, 9.17) is 0 Å². The van der Waals surface area contributed by atoms with E-state index in [0.717, 1.165) is 16.1 Å². The van der Waals surface area contributed by atoms with E-state index in [1.54, 1.807) is 11.3 Å². The maximum absolute atomic E-state index is 10.4. The summed E-state index contributed by atoms with van der Waals surface area (Å²) < 4.78 is 1.21. The minimum Gasteiger partial charge on any atom is -0.386 e. The van der Waals surface area contributed by atoms with E-state index in [1.807, 2.05) is 18.3 Å². The largest absolute Gasteiger partial charge is 0.386 e. The Morgan fingerprint density at radius 3 is 2.83 bits per heavy atom. The van der Waals surface area contributed by atoms with Crippen LogP contribution in [0, 0.1) is 0 Å². The van der Waals surface area contributed by atoms with Gasteiger partial charge in [0.25, 0.3) is 0 Å². The molecule has 2 aromatic heterocycles. The van der Waals surface area contributed by atoms with Crippen LogP contribution in [0.4, 0.5) is 0 Å². The summed E-state index contributed by atoms with van der Waals surface area (Å²) in [4.78, 5) is 1.00. The molecule has 122 valence electrons. The molecule has 3 rings (SSSR count). The van der Waals surface area contributed by atoms with Crippen molar-refractivity contribution in [1.29, 1.82) is 0 Å². The summed E-state index contributed by atoms with van der Waals surface area (Å²) in [5.41, 5.74) is 2.33. The normalized spacial score (nSPS) is 13.6. The number of rotatable bonds is 5. The van der Waals surface area contributed by atoms with E-state index in [0.29, 0.717) is 13.1 Å². The molecule has 0 aliphatic rings. The van der Waals surface area contributed by atoms with E-state index >= 15 is 0 Å². The zero-order valence-electron chi connectivity index (χ0n) is 13.8. The summed E-state index contributed by atoms with van der Waals surface area (Å²) in [6.45, 7) is 7.72. The lowest BCUT2D eigenvalue weighted by Crippen LogP contribution is -2.23. The van der Waals surface area contributed by atoms with Crippen molar-refractivity contribution in [2.45, 2.75) is 38.8 Å². The zero-order valence-corrected chi connectivity index (χ0v) is 14.6. The van der Waals surface area contributed by atoms with Gasteiger partial charge in [0.15, 0.2) is 0 Å². The van der Waals surface area contributed by atoms with Gasteiger partial charge < -0.3 is 10.4 Å². The predicted octanol–water partition coefficient (Wildman–Crippen LogP) is 3.75. The molecule has 0 saturated heterocycles. The number of aromatic nitrogens is 2. The maximum Gasteiger partial charge on any atom is 0.101 e. The highest BCUT2D eigenvalue weighted by Crippen LogP contribution is 2.29. The SMILES string of the molecule is CC(C)(C)c1[nH]ncc1CNCC(O)c1cc2ccccc2s1. The van der Waals surface area contributed by atoms with Gasteiger partial charge in [0.05, 0.1) is 6.20 Å². The van der Waals surface area contributed by atoms with Crippen LogP contribution in [-0.2, 0) is 12.0 Å². The average Bonchev–Trinajstić information content (AvgIpc) is 3.12. The molecule has 0 amide bonds. The van der Waals surface area contributed by atoms with Gasteiger partial charge >= 0.3 is 0 Å². The molecule has 0 aliphatic carbocycles. The molecule has 4 nitrogen and oxygen atoms in total. The minimum absolute atomic E-state index is 0.0393. The molecule has 1 atom stereocenters. The highest BCUT2D eigenvalue weighted by atomic mass is 32.1. The number of H-pyrrole nitrogens is 1. The molecule has 1 unspecified atom stereocenters. The van der Waals surface area contributed by atoms with Crippen molar-refractivity contribution < 1.29 is 5.11 Å². The van der Waals surface area contributed by atoms with Crippen molar-refractivity contribution >= 4 is 21.4 Å². The molecule has 5 heteroatoms. The van der Waals surface area contributed by atoms with Gasteiger partial charge in [0.1, 0.15) is 6.10 Å². The first-order chi connectivity index (χ1) is 10.9. The van der Waals surface area contributed by atoms with Crippen LogP contribution in [0.25, 0.3) is 10.1 Å². The van der Waals surface area contributed by atoms with Crippen LogP contribution in [0.1, 0.15) is 43.0 Å². The van der Waals surface area contributed by atoms with Crippen LogP contribution < -0.4 is 5.32 Å². The number of aliphatic hydroxyl groups is 1. The molecular weight excluding hydrogens is 306 g/mol. The van der Waals surface area contributed by atoms with Crippen molar-refractivity contribution in [3.05, 3.63) is 52.7 Å². The number of aliphatic hydroxyl groups excluding tert-OH is 1. The number of benzene rings is 1. The average molecular weight is 329 g/mol. The molecule has 0 aliphatic heterocycles. The van der Waals surface area contributed by atoms with Crippen LogP contribution in [0.5, 0.6) is 0 Å². The van der Waals surface area contributed by atoms with E-state index in [-0.39, 0.29) is 5.41 Å². The van der Waals surface area contributed by atoms with Gasteiger partial charge in [-0.05, 0) is 17.5 Å². The minimum atomic E-state index is -0.489. The Kier molecular flexibility index (Phi) is 4.53. The van der Waals surface area contributed by atoms with Gasteiger partial charge in [-0.3, -0.25) is 5.10 Å². The third kappa shape index (κ3) is 3.63. The molecule has 0 radical (unpaired) electrons. The highest BCUT2D eigenvalue weighted by molar-refractivity contribution is 7.19.